The predicted molar refractivity (Wildman–Crippen MR) is 144 cm³/mol. The zero-order chi connectivity index (χ0) is 25.5. The Morgan fingerprint density at radius 3 is 2.41 bits per heavy atom. The molecule has 0 spiro atoms. The van der Waals surface area contributed by atoms with Crippen molar-refractivity contribution >= 4 is 28.5 Å². The first-order chi connectivity index (χ1) is 18.0. The Morgan fingerprint density at radius 2 is 1.65 bits per heavy atom. The first kappa shape index (κ1) is 24.0. The fourth-order valence-electron chi connectivity index (χ4n) is 6.67. The van der Waals surface area contributed by atoms with E-state index in [0.717, 1.165) is 35.0 Å². The quantitative estimate of drug-likeness (QED) is 0.533. The minimum absolute atomic E-state index is 0.0961. The number of para-hydroxylation sites is 1. The smallest absolute Gasteiger partial charge is 0.335 e. The van der Waals surface area contributed by atoms with Crippen LogP contribution in [0.25, 0.3) is 22.2 Å². The molecule has 1 saturated heterocycles. The van der Waals surface area contributed by atoms with Gasteiger partial charge in [0.25, 0.3) is 0 Å². The van der Waals surface area contributed by atoms with Crippen molar-refractivity contribution in [2.45, 2.75) is 63.5 Å². The van der Waals surface area contributed by atoms with Crippen molar-refractivity contribution in [3.8, 4) is 11.3 Å². The van der Waals surface area contributed by atoms with E-state index in [4.69, 9.17) is 0 Å². The van der Waals surface area contributed by atoms with Crippen LogP contribution in [0.4, 0.5) is 5.69 Å². The standard InChI is InChI=1S/C30H35N3O4/c34-22-12-14-31(15-13-22)27(35)19-32-16-17-33-26-18-21(30(36)37)10-11-23(26)28(20-6-2-1-3-7-20)29(33)24-8-4-5-9-25(24)32/h4-5,8-11,18,20,22,34H,1-3,6-7,12-17,19H2,(H,36,37). The van der Waals surface area contributed by atoms with Gasteiger partial charge in [-0.15, -0.1) is 0 Å². The minimum Gasteiger partial charge on any atom is -0.478 e. The summed E-state index contributed by atoms with van der Waals surface area (Å²) < 4.78 is 2.31. The van der Waals surface area contributed by atoms with Crippen molar-refractivity contribution in [2.24, 2.45) is 0 Å². The lowest BCUT2D eigenvalue weighted by molar-refractivity contribution is -0.131. The number of aromatic nitrogens is 1. The molecule has 0 atom stereocenters. The largest absolute Gasteiger partial charge is 0.478 e. The molecule has 2 fully saturated rings. The summed E-state index contributed by atoms with van der Waals surface area (Å²) in [6.07, 6.45) is 6.97. The summed E-state index contributed by atoms with van der Waals surface area (Å²) >= 11 is 0. The molecule has 3 aliphatic rings. The molecule has 7 nitrogen and oxygen atoms in total. The maximum Gasteiger partial charge on any atom is 0.335 e. The normalized spacial score (nSPS) is 18.9. The number of nitrogens with zero attached hydrogens (tertiary/aromatic N) is 3. The van der Waals surface area contributed by atoms with E-state index in [1.165, 1.54) is 30.5 Å². The summed E-state index contributed by atoms with van der Waals surface area (Å²) in [6.45, 7) is 2.85. The van der Waals surface area contributed by atoms with Crippen molar-refractivity contribution in [1.82, 2.24) is 9.47 Å². The molecule has 37 heavy (non-hydrogen) atoms. The molecular weight excluding hydrogens is 466 g/mol. The predicted octanol–water partition coefficient (Wildman–Crippen LogP) is 4.86. The lowest BCUT2D eigenvalue weighted by Gasteiger charge is -2.32. The third-order valence-corrected chi connectivity index (χ3v) is 8.60. The van der Waals surface area contributed by atoms with E-state index in [1.54, 1.807) is 6.07 Å². The van der Waals surface area contributed by atoms with Crippen LogP contribution in [-0.4, -0.2) is 63.8 Å². The number of benzene rings is 2. The summed E-state index contributed by atoms with van der Waals surface area (Å²) in [4.78, 5) is 29.2. The average molecular weight is 502 g/mol. The van der Waals surface area contributed by atoms with Crippen LogP contribution in [0.3, 0.4) is 0 Å². The molecule has 2 aliphatic heterocycles. The number of amides is 1. The molecule has 2 N–H and O–H groups in total. The molecule has 1 saturated carbocycles. The van der Waals surface area contributed by atoms with Gasteiger partial charge in [0.1, 0.15) is 0 Å². The van der Waals surface area contributed by atoms with Gasteiger partial charge in [-0.1, -0.05) is 43.5 Å². The lowest BCUT2D eigenvalue weighted by atomic mass is 9.81. The lowest BCUT2D eigenvalue weighted by Crippen LogP contribution is -2.45. The second-order valence-electron chi connectivity index (χ2n) is 10.8. The first-order valence-electron chi connectivity index (χ1n) is 13.7. The van der Waals surface area contributed by atoms with E-state index in [0.29, 0.717) is 57.0 Å². The molecule has 1 amide bonds. The number of carboxylic acids is 1. The van der Waals surface area contributed by atoms with Gasteiger partial charge in [0.05, 0.1) is 23.9 Å². The van der Waals surface area contributed by atoms with Gasteiger partial charge < -0.3 is 24.6 Å². The third-order valence-electron chi connectivity index (χ3n) is 8.60. The Balaban J connectivity index is 1.45. The number of aromatic carboxylic acids is 1. The number of hydrogen-bond acceptors (Lipinski definition) is 4. The van der Waals surface area contributed by atoms with Crippen molar-refractivity contribution < 1.29 is 19.8 Å². The number of aliphatic hydroxyl groups is 1. The zero-order valence-electron chi connectivity index (χ0n) is 21.2. The van der Waals surface area contributed by atoms with E-state index in [1.807, 2.05) is 23.1 Å². The van der Waals surface area contributed by atoms with Gasteiger partial charge in [-0.25, -0.2) is 4.79 Å². The number of anilines is 1. The third kappa shape index (κ3) is 4.39. The average Bonchev–Trinajstić information content (AvgIpc) is 3.16. The maximum absolute atomic E-state index is 13.3. The number of fused-ring (bicyclic) bond motifs is 5. The van der Waals surface area contributed by atoms with Gasteiger partial charge in [0, 0.05) is 48.3 Å². The van der Waals surface area contributed by atoms with Crippen molar-refractivity contribution in [3.05, 3.63) is 53.6 Å². The molecule has 3 heterocycles. The molecule has 194 valence electrons. The number of aliphatic hydroxyl groups excluding tert-OH is 1. The molecule has 0 unspecified atom stereocenters. The summed E-state index contributed by atoms with van der Waals surface area (Å²) in [5, 5.41) is 20.7. The Morgan fingerprint density at radius 1 is 0.892 bits per heavy atom. The molecule has 3 aromatic rings. The Bertz CT molecular complexity index is 1330. The molecular formula is C30H35N3O4. The van der Waals surface area contributed by atoms with Crippen molar-refractivity contribution in [2.75, 3.05) is 31.1 Å². The molecule has 6 rings (SSSR count). The van der Waals surface area contributed by atoms with Crippen molar-refractivity contribution in [1.29, 1.82) is 0 Å². The van der Waals surface area contributed by atoms with Crippen LogP contribution in [0, 0.1) is 0 Å². The highest BCUT2D eigenvalue weighted by Gasteiger charge is 2.32. The first-order valence-corrected chi connectivity index (χ1v) is 13.7. The Hall–Kier alpha value is -3.32. The summed E-state index contributed by atoms with van der Waals surface area (Å²) in [6, 6.07) is 14.0. The molecule has 2 aromatic carbocycles. The number of carbonyl (C=O) groups excluding carboxylic acids is 1. The number of hydrogen-bond donors (Lipinski definition) is 2. The van der Waals surface area contributed by atoms with Crippen LogP contribution < -0.4 is 4.90 Å². The summed E-state index contributed by atoms with van der Waals surface area (Å²) in [5.41, 5.74) is 6.00. The fraction of sp³-hybridized carbons (Fsp3) is 0.467. The van der Waals surface area contributed by atoms with Crippen LogP contribution in [0.1, 0.15) is 66.8 Å². The zero-order valence-corrected chi connectivity index (χ0v) is 21.2. The van der Waals surface area contributed by atoms with E-state index in [2.05, 4.69) is 27.7 Å². The molecule has 7 heteroatoms. The van der Waals surface area contributed by atoms with E-state index >= 15 is 0 Å². The van der Waals surface area contributed by atoms with Gasteiger partial charge in [0.2, 0.25) is 5.91 Å². The van der Waals surface area contributed by atoms with E-state index in [-0.39, 0.29) is 12.0 Å². The SMILES string of the molecule is O=C(O)c1ccc2c(C3CCCCC3)c3n(c2c1)CCN(CC(=O)N1CCC(O)CC1)c1ccccc1-3. The molecule has 1 aromatic heterocycles. The van der Waals surface area contributed by atoms with Crippen molar-refractivity contribution in [3.63, 3.8) is 0 Å². The topological polar surface area (TPSA) is 86.0 Å². The highest BCUT2D eigenvalue weighted by Crippen LogP contribution is 2.47. The Labute approximate surface area is 217 Å². The number of rotatable bonds is 4. The second kappa shape index (κ2) is 9.86. The second-order valence-corrected chi connectivity index (χ2v) is 10.8. The van der Waals surface area contributed by atoms with E-state index < -0.39 is 5.97 Å². The summed E-state index contributed by atoms with van der Waals surface area (Å²) in [5.74, 6) is -0.368. The van der Waals surface area contributed by atoms with Gasteiger partial charge in [-0.3, -0.25) is 4.79 Å². The molecule has 0 radical (unpaired) electrons. The summed E-state index contributed by atoms with van der Waals surface area (Å²) in [7, 11) is 0. The van der Waals surface area contributed by atoms with Gasteiger partial charge in [0.15, 0.2) is 0 Å². The molecule has 1 aliphatic carbocycles. The number of carbonyl (C=O) groups is 2. The number of carboxylic acid groups (broad SMARTS) is 1. The van der Waals surface area contributed by atoms with Crippen LogP contribution in [-0.2, 0) is 11.3 Å². The van der Waals surface area contributed by atoms with Crippen LogP contribution in [0.5, 0.6) is 0 Å². The van der Waals surface area contributed by atoms with Crippen LogP contribution in [0.15, 0.2) is 42.5 Å². The number of piperidine rings is 1. The van der Waals surface area contributed by atoms with Gasteiger partial charge in [-0.05, 0) is 55.4 Å². The fourth-order valence-corrected chi connectivity index (χ4v) is 6.67. The van der Waals surface area contributed by atoms with Gasteiger partial charge >= 0.3 is 5.97 Å². The van der Waals surface area contributed by atoms with Gasteiger partial charge in [-0.2, -0.15) is 0 Å². The maximum atomic E-state index is 13.3. The monoisotopic (exact) mass is 501 g/mol. The number of likely N-dealkylation sites (tertiary alicyclic amines) is 1. The minimum atomic E-state index is -0.912. The van der Waals surface area contributed by atoms with Crippen LogP contribution >= 0.6 is 0 Å². The Kier molecular flexibility index (Phi) is 6.41. The van der Waals surface area contributed by atoms with Crippen LogP contribution in [0.2, 0.25) is 0 Å². The van der Waals surface area contributed by atoms with E-state index in [9.17, 15) is 19.8 Å². The highest BCUT2D eigenvalue weighted by atomic mass is 16.4. The highest BCUT2D eigenvalue weighted by molar-refractivity contribution is 6.00. The molecule has 0 bridgehead atoms.